The third-order valence-corrected chi connectivity index (χ3v) is 4.32. The van der Waals surface area contributed by atoms with E-state index in [0.717, 1.165) is 25.8 Å². The zero-order chi connectivity index (χ0) is 15.4. The lowest BCUT2D eigenvalue weighted by Crippen LogP contribution is -2.07. The van der Waals surface area contributed by atoms with Crippen molar-refractivity contribution >= 4 is 43.2 Å². The van der Waals surface area contributed by atoms with Crippen LogP contribution in [0.15, 0.2) is 45.3 Å². The molecule has 0 amide bonds. The lowest BCUT2D eigenvalue weighted by molar-refractivity contribution is -0.385. The maximum absolute atomic E-state index is 11.0. The summed E-state index contributed by atoms with van der Waals surface area (Å²) >= 11 is 7.04. The third-order valence-electron chi connectivity index (χ3n) is 3.07. The first kappa shape index (κ1) is 16.0. The predicted molar refractivity (Wildman–Crippen MR) is 91.9 cm³/mol. The van der Waals surface area contributed by atoms with Crippen LogP contribution in [0.25, 0.3) is 0 Å². The fourth-order valence-corrected chi connectivity index (χ4v) is 3.79. The number of nitrogens with zero attached hydrogens (tertiary/aromatic N) is 1. The maximum atomic E-state index is 11.0. The summed E-state index contributed by atoms with van der Waals surface area (Å²) in [6, 6.07) is 10.9. The van der Waals surface area contributed by atoms with Gasteiger partial charge in [-0.15, -0.1) is 0 Å². The molecule has 0 saturated heterocycles. The van der Waals surface area contributed by atoms with E-state index in [1.807, 2.05) is 25.1 Å². The normalized spacial score (nSPS) is 10.4. The molecule has 6 heteroatoms. The molecule has 110 valence electrons. The van der Waals surface area contributed by atoms with Crippen LogP contribution in [-0.2, 0) is 6.42 Å². The molecule has 0 saturated carbocycles. The van der Waals surface area contributed by atoms with Gasteiger partial charge in [0.1, 0.15) is 0 Å². The summed E-state index contributed by atoms with van der Waals surface area (Å²) in [5.74, 6) is 0. The van der Waals surface area contributed by atoms with E-state index in [1.54, 1.807) is 12.1 Å². The molecule has 2 rings (SSSR count). The van der Waals surface area contributed by atoms with Gasteiger partial charge in [0.2, 0.25) is 0 Å². The summed E-state index contributed by atoms with van der Waals surface area (Å²) in [5.41, 5.74) is 3.01. The molecule has 0 atom stereocenters. The molecule has 0 aromatic heterocycles. The fraction of sp³-hybridized carbons (Fsp3) is 0.200. The van der Waals surface area contributed by atoms with Gasteiger partial charge in [-0.3, -0.25) is 10.1 Å². The Morgan fingerprint density at radius 3 is 2.43 bits per heavy atom. The summed E-state index contributed by atoms with van der Waals surface area (Å²) in [6.07, 6.45) is 0.587. The van der Waals surface area contributed by atoms with Gasteiger partial charge in [0, 0.05) is 27.1 Å². The van der Waals surface area contributed by atoms with Gasteiger partial charge in [-0.1, -0.05) is 18.2 Å². The predicted octanol–water partition coefficient (Wildman–Crippen LogP) is 5.08. The largest absolute Gasteiger partial charge is 0.383 e. The van der Waals surface area contributed by atoms with Crippen molar-refractivity contribution in [3.05, 3.63) is 66.6 Å². The molecule has 0 spiro atoms. The standard InChI is InChI=1S/C15H14Br2N2O2/c1-10-8-12(16)15(13(17)9-10)18-7-6-11-4-2-3-5-14(11)19(20)21/h2-5,8-9,18H,6-7H2,1H3. The second-order valence-electron chi connectivity index (χ2n) is 4.67. The Kier molecular flexibility index (Phi) is 5.36. The van der Waals surface area contributed by atoms with Crippen LogP contribution >= 0.6 is 31.9 Å². The lowest BCUT2D eigenvalue weighted by atomic mass is 10.1. The van der Waals surface area contributed by atoms with Gasteiger partial charge in [-0.2, -0.15) is 0 Å². The summed E-state index contributed by atoms with van der Waals surface area (Å²) in [7, 11) is 0. The van der Waals surface area contributed by atoms with E-state index < -0.39 is 0 Å². The van der Waals surface area contributed by atoms with E-state index in [2.05, 4.69) is 37.2 Å². The Bertz CT molecular complexity index is 651. The van der Waals surface area contributed by atoms with Crippen molar-refractivity contribution in [3.63, 3.8) is 0 Å². The molecule has 0 unspecified atom stereocenters. The number of hydrogen-bond donors (Lipinski definition) is 1. The number of rotatable bonds is 5. The van der Waals surface area contributed by atoms with Crippen LogP contribution in [0, 0.1) is 17.0 Å². The number of anilines is 1. The summed E-state index contributed by atoms with van der Waals surface area (Å²) in [5, 5.41) is 14.3. The molecule has 0 bridgehead atoms. The highest BCUT2D eigenvalue weighted by molar-refractivity contribution is 9.11. The van der Waals surface area contributed by atoms with Crippen LogP contribution in [0.5, 0.6) is 0 Å². The SMILES string of the molecule is Cc1cc(Br)c(NCCc2ccccc2[N+](=O)[O-])c(Br)c1. The number of halogens is 2. The van der Waals surface area contributed by atoms with E-state index >= 15 is 0 Å². The maximum Gasteiger partial charge on any atom is 0.272 e. The molecule has 0 aliphatic heterocycles. The van der Waals surface area contributed by atoms with Gasteiger partial charge >= 0.3 is 0 Å². The highest BCUT2D eigenvalue weighted by atomic mass is 79.9. The topological polar surface area (TPSA) is 55.2 Å². The third kappa shape index (κ3) is 4.04. The average Bonchev–Trinajstić information content (AvgIpc) is 2.42. The minimum atomic E-state index is -0.340. The minimum Gasteiger partial charge on any atom is -0.383 e. The Morgan fingerprint density at radius 2 is 1.81 bits per heavy atom. The molecule has 0 aliphatic carbocycles. The number of benzene rings is 2. The molecular formula is C15H14Br2N2O2. The number of nitro benzene ring substituents is 1. The second kappa shape index (κ2) is 7.04. The van der Waals surface area contributed by atoms with Crippen LogP contribution in [-0.4, -0.2) is 11.5 Å². The molecule has 0 radical (unpaired) electrons. The van der Waals surface area contributed by atoms with Gasteiger partial charge in [-0.25, -0.2) is 0 Å². The Hall–Kier alpha value is -1.40. The number of para-hydroxylation sites is 1. The van der Waals surface area contributed by atoms with E-state index in [4.69, 9.17) is 0 Å². The second-order valence-corrected chi connectivity index (χ2v) is 6.37. The molecule has 21 heavy (non-hydrogen) atoms. The van der Waals surface area contributed by atoms with Gasteiger partial charge < -0.3 is 5.32 Å². The molecule has 0 fully saturated rings. The van der Waals surface area contributed by atoms with Crippen LogP contribution in [0.2, 0.25) is 0 Å². The summed E-state index contributed by atoms with van der Waals surface area (Å²) < 4.78 is 1.94. The molecular weight excluding hydrogens is 400 g/mol. The van der Waals surface area contributed by atoms with Crippen LogP contribution in [0.1, 0.15) is 11.1 Å². The van der Waals surface area contributed by atoms with Crippen molar-refractivity contribution in [1.29, 1.82) is 0 Å². The molecule has 4 nitrogen and oxygen atoms in total. The van der Waals surface area contributed by atoms with Crippen molar-refractivity contribution < 1.29 is 4.92 Å². The fourth-order valence-electron chi connectivity index (χ4n) is 2.09. The number of aryl methyl sites for hydroxylation is 1. The van der Waals surface area contributed by atoms with Crippen molar-refractivity contribution in [2.45, 2.75) is 13.3 Å². The van der Waals surface area contributed by atoms with Gasteiger partial charge in [0.25, 0.3) is 5.69 Å². The molecule has 0 aliphatic rings. The first-order valence-corrected chi connectivity index (χ1v) is 7.99. The summed E-state index contributed by atoms with van der Waals surface area (Å²) in [6.45, 7) is 2.64. The lowest BCUT2D eigenvalue weighted by Gasteiger charge is -2.12. The quantitative estimate of drug-likeness (QED) is 0.549. The first-order valence-electron chi connectivity index (χ1n) is 6.41. The van der Waals surface area contributed by atoms with Crippen molar-refractivity contribution in [2.24, 2.45) is 0 Å². The summed E-state index contributed by atoms with van der Waals surface area (Å²) in [4.78, 5) is 10.6. The molecule has 1 N–H and O–H groups in total. The van der Waals surface area contributed by atoms with Crippen molar-refractivity contribution in [1.82, 2.24) is 0 Å². The first-order chi connectivity index (χ1) is 9.99. The van der Waals surface area contributed by atoms with Crippen LogP contribution in [0.4, 0.5) is 11.4 Å². The molecule has 2 aromatic rings. The number of nitrogens with one attached hydrogen (secondary N) is 1. The zero-order valence-electron chi connectivity index (χ0n) is 11.4. The van der Waals surface area contributed by atoms with E-state index in [9.17, 15) is 10.1 Å². The number of nitro groups is 1. The molecule has 2 aromatic carbocycles. The Morgan fingerprint density at radius 1 is 1.19 bits per heavy atom. The molecule has 0 heterocycles. The highest BCUT2D eigenvalue weighted by Crippen LogP contribution is 2.32. The minimum absolute atomic E-state index is 0.168. The Balaban J connectivity index is 2.08. The van der Waals surface area contributed by atoms with Crippen molar-refractivity contribution in [2.75, 3.05) is 11.9 Å². The van der Waals surface area contributed by atoms with E-state index in [-0.39, 0.29) is 10.6 Å². The van der Waals surface area contributed by atoms with E-state index in [1.165, 1.54) is 6.07 Å². The number of hydrogen-bond acceptors (Lipinski definition) is 3. The van der Waals surface area contributed by atoms with Gasteiger partial charge in [-0.05, 0) is 62.9 Å². The van der Waals surface area contributed by atoms with Crippen LogP contribution < -0.4 is 5.32 Å². The van der Waals surface area contributed by atoms with Gasteiger partial charge in [0.05, 0.1) is 10.6 Å². The van der Waals surface area contributed by atoms with Crippen LogP contribution in [0.3, 0.4) is 0 Å². The average molecular weight is 414 g/mol. The highest BCUT2D eigenvalue weighted by Gasteiger charge is 2.12. The Labute approximate surface area is 140 Å². The monoisotopic (exact) mass is 412 g/mol. The van der Waals surface area contributed by atoms with E-state index in [0.29, 0.717) is 13.0 Å². The van der Waals surface area contributed by atoms with Gasteiger partial charge in [0.15, 0.2) is 0 Å². The smallest absolute Gasteiger partial charge is 0.272 e. The zero-order valence-corrected chi connectivity index (χ0v) is 14.6. The van der Waals surface area contributed by atoms with Crippen molar-refractivity contribution in [3.8, 4) is 0 Å².